The van der Waals surface area contributed by atoms with Gasteiger partial charge in [-0.3, -0.25) is 0 Å². The molecule has 2 aromatic carbocycles. The number of aryl methyl sites for hydroxylation is 2. The van der Waals surface area contributed by atoms with E-state index in [9.17, 15) is 4.39 Å². The van der Waals surface area contributed by atoms with Crippen LogP contribution in [0.4, 0.5) is 4.39 Å². The van der Waals surface area contributed by atoms with Crippen LogP contribution >= 0.6 is 0 Å². The van der Waals surface area contributed by atoms with Crippen LogP contribution in [-0.4, -0.2) is 0 Å². The molecule has 0 bridgehead atoms. The van der Waals surface area contributed by atoms with Gasteiger partial charge < -0.3 is 0 Å². The van der Waals surface area contributed by atoms with Gasteiger partial charge in [0.25, 0.3) is 0 Å². The third-order valence-corrected chi connectivity index (χ3v) is 5.41. The Hall–Kier alpha value is -1.63. The molecule has 0 N–H and O–H groups in total. The molecule has 1 aliphatic rings. The summed E-state index contributed by atoms with van der Waals surface area (Å²) in [6.45, 7) is 10.7. The summed E-state index contributed by atoms with van der Waals surface area (Å²) < 4.78 is 15.0. The highest BCUT2D eigenvalue weighted by Gasteiger charge is 2.29. The monoisotopic (exact) mass is 310 g/mol. The van der Waals surface area contributed by atoms with Crippen molar-refractivity contribution >= 4 is 0 Å². The van der Waals surface area contributed by atoms with E-state index in [2.05, 4.69) is 52.8 Å². The molecule has 1 fully saturated rings. The predicted molar refractivity (Wildman–Crippen MR) is 96.8 cm³/mol. The number of halogens is 1. The van der Waals surface area contributed by atoms with Crippen molar-refractivity contribution in [3.8, 4) is 11.1 Å². The molecule has 0 aromatic heterocycles. The van der Waals surface area contributed by atoms with E-state index in [1.54, 1.807) is 0 Å². The van der Waals surface area contributed by atoms with Crippen molar-refractivity contribution in [2.45, 2.75) is 66.2 Å². The molecule has 0 amide bonds. The molecule has 23 heavy (non-hydrogen) atoms. The van der Waals surface area contributed by atoms with Gasteiger partial charge in [0, 0.05) is 0 Å². The maximum Gasteiger partial charge on any atom is 0.130 e. The van der Waals surface area contributed by atoms with Crippen LogP contribution in [0.5, 0.6) is 0 Å². The zero-order valence-corrected chi connectivity index (χ0v) is 15.0. The summed E-state index contributed by atoms with van der Waals surface area (Å²) in [5.41, 5.74) is 9.49. The molecule has 3 rings (SSSR count). The van der Waals surface area contributed by atoms with Gasteiger partial charge in [-0.15, -0.1) is 0 Å². The molecule has 0 heterocycles. The van der Waals surface area contributed by atoms with E-state index in [1.165, 1.54) is 27.8 Å². The highest BCUT2D eigenvalue weighted by Crippen LogP contribution is 2.45. The van der Waals surface area contributed by atoms with Crippen LogP contribution in [0.2, 0.25) is 0 Å². The molecule has 0 unspecified atom stereocenters. The second-order valence-electron chi connectivity index (χ2n) is 7.15. The standard InChI is InChI=1S/C22H27F/c1-6-7-18-16(5)19(12-20(22(18)23)17-10-11-17)21-14(3)9-8-13(2)15(21)4/h8-9,12,17H,6-7,10-11H2,1-5H3. The second kappa shape index (κ2) is 6.11. The average Bonchev–Trinajstić information content (AvgIpc) is 3.34. The minimum Gasteiger partial charge on any atom is -0.206 e. The summed E-state index contributed by atoms with van der Waals surface area (Å²) in [6, 6.07) is 6.52. The van der Waals surface area contributed by atoms with Crippen LogP contribution < -0.4 is 0 Å². The SMILES string of the molecule is CCCc1c(C)c(-c2c(C)ccc(C)c2C)cc(C2CC2)c1F. The highest BCUT2D eigenvalue weighted by molar-refractivity contribution is 5.76. The molecule has 0 spiro atoms. The van der Waals surface area contributed by atoms with Crippen molar-refractivity contribution in [3.05, 3.63) is 57.4 Å². The smallest absolute Gasteiger partial charge is 0.130 e. The van der Waals surface area contributed by atoms with E-state index in [-0.39, 0.29) is 5.82 Å². The molecule has 1 aliphatic carbocycles. The number of hydrogen-bond acceptors (Lipinski definition) is 0. The summed E-state index contributed by atoms with van der Waals surface area (Å²) in [5, 5.41) is 0. The predicted octanol–water partition coefficient (Wildman–Crippen LogP) is 6.56. The Kier molecular flexibility index (Phi) is 4.31. The van der Waals surface area contributed by atoms with Gasteiger partial charge in [0.2, 0.25) is 0 Å². The van der Waals surface area contributed by atoms with E-state index >= 15 is 0 Å². The largest absolute Gasteiger partial charge is 0.206 e. The fourth-order valence-corrected chi connectivity index (χ4v) is 3.69. The third-order valence-electron chi connectivity index (χ3n) is 5.41. The number of hydrogen-bond donors (Lipinski definition) is 0. The van der Waals surface area contributed by atoms with E-state index in [1.807, 2.05) is 0 Å². The molecule has 0 atom stereocenters. The fraction of sp³-hybridized carbons (Fsp3) is 0.455. The summed E-state index contributed by atoms with van der Waals surface area (Å²) >= 11 is 0. The lowest BCUT2D eigenvalue weighted by Gasteiger charge is -2.20. The minimum absolute atomic E-state index is 0.0681. The fourth-order valence-electron chi connectivity index (χ4n) is 3.69. The molecule has 0 saturated heterocycles. The normalized spacial score (nSPS) is 14.3. The van der Waals surface area contributed by atoms with Crippen LogP contribution in [0.25, 0.3) is 11.1 Å². The van der Waals surface area contributed by atoms with Crippen LogP contribution in [0.15, 0.2) is 18.2 Å². The Morgan fingerprint density at radius 3 is 2.26 bits per heavy atom. The molecule has 0 nitrogen and oxygen atoms in total. The first kappa shape index (κ1) is 16.2. The van der Waals surface area contributed by atoms with Crippen molar-refractivity contribution in [1.82, 2.24) is 0 Å². The quantitative estimate of drug-likeness (QED) is 0.600. The van der Waals surface area contributed by atoms with Crippen molar-refractivity contribution in [2.75, 3.05) is 0 Å². The molecule has 122 valence electrons. The molecule has 0 aliphatic heterocycles. The molecule has 1 heteroatoms. The Labute approximate surface area is 139 Å². The first-order chi connectivity index (χ1) is 11.0. The highest BCUT2D eigenvalue weighted by atomic mass is 19.1. The second-order valence-corrected chi connectivity index (χ2v) is 7.15. The van der Waals surface area contributed by atoms with Crippen molar-refractivity contribution in [2.24, 2.45) is 0 Å². The van der Waals surface area contributed by atoms with Gasteiger partial charge in [0.1, 0.15) is 5.82 Å². The van der Waals surface area contributed by atoms with E-state index in [4.69, 9.17) is 0 Å². The van der Waals surface area contributed by atoms with Crippen molar-refractivity contribution in [3.63, 3.8) is 0 Å². The number of rotatable bonds is 4. The van der Waals surface area contributed by atoms with Crippen molar-refractivity contribution in [1.29, 1.82) is 0 Å². The van der Waals surface area contributed by atoms with Crippen LogP contribution in [0, 0.1) is 33.5 Å². The van der Waals surface area contributed by atoms with E-state index < -0.39 is 0 Å². The van der Waals surface area contributed by atoms with Crippen molar-refractivity contribution < 1.29 is 4.39 Å². The molecule has 1 saturated carbocycles. The Bertz CT molecular complexity index is 751. The van der Waals surface area contributed by atoms with Gasteiger partial charge in [0.15, 0.2) is 0 Å². The van der Waals surface area contributed by atoms with E-state index in [0.29, 0.717) is 5.92 Å². The van der Waals surface area contributed by atoms with Gasteiger partial charge >= 0.3 is 0 Å². The van der Waals surface area contributed by atoms with Crippen LogP contribution in [0.3, 0.4) is 0 Å². The van der Waals surface area contributed by atoms with Crippen LogP contribution in [0.1, 0.15) is 65.5 Å². The lowest BCUT2D eigenvalue weighted by atomic mass is 9.85. The van der Waals surface area contributed by atoms with Gasteiger partial charge in [-0.1, -0.05) is 25.5 Å². The third kappa shape index (κ3) is 2.82. The first-order valence-electron chi connectivity index (χ1n) is 8.84. The van der Waals surface area contributed by atoms with Gasteiger partial charge in [-0.25, -0.2) is 4.39 Å². The zero-order valence-electron chi connectivity index (χ0n) is 15.0. The Morgan fingerprint density at radius 2 is 1.65 bits per heavy atom. The summed E-state index contributed by atoms with van der Waals surface area (Å²) in [4.78, 5) is 0. The molecular formula is C22H27F. The number of benzene rings is 2. The minimum atomic E-state index is 0.0681. The summed E-state index contributed by atoms with van der Waals surface area (Å²) in [7, 11) is 0. The van der Waals surface area contributed by atoms with Crippen LogP contribution in [-0.2, 0) is 6.42 Å². The van der Waals surface area contributed by atoms with E-state index in [0.717, 1.165) is 42.4 Å². The molecule has 2 aromatic rings. The van der Waals surface area contributed by atoms with Gasteiger partial charge in [-0.2, -0.15) is 0 Å². The first-order valence-corrected chi connectivity index (χ1v) is 8.84. The average molecular weight is 310 g/mol. The Morgan fingerprint density at radius 1 is 1.00 bits per heavy atom. The topological polar surface area (TPSA) is 0 Å². The molecule has 0 radical (unpaired) electrons. The Balaban J connectivity index is 2.29. The van der Waals surface area contributed by atoms with Gasteiger partial charge in [-0.05, 0) is 103 Å². The lowest BCUT2D eigenvalue weighted by Crippen LogP contribution is -2.04. The summed E-state index contributed by atoms with van der Waals surface area (Å²) in [5.74, 6) is 0.508. The summed E-state index contributed by atoms with van der Waals surface area (Å²) in [6.07, 6.45) is 4.08. The maximum atomic E-state index is 15.0. The molecular weight excluding hydrogens is 283 g/mol. The lowest BCUT2D eigenvalue weighted by molar-refractivity contribution is 0.589. The zero-order chi connectivity index (χ0) is 16.7. The van der Waals surface area contributed by atoms with Gasteiger partial charge in [0.05, 0.1) is 0 Å². The maximum absolute atomic E-state index is 15.0.